The van der Waals surface area contributed by atoms with E-state index in [1.807, 2.05) is 79.7 Å². The summed E-state index contributed by atoms with van der Waals surface area (Å²) >= 11 is 1.28. The lowest BCUT2D eigenvalue weighted by molar-refractivity contribution is -0.136. The van der Waals surface area contributed by atoms with E-state index in [0.717, 1.165) is 16.7 Å². The number of aromatic nitrogens is 1. The Bertz CT molecular complexity index is 1800. The number of methoxy groups -OCH3 is 1. The van der Waals surface area contributed by atoms with E-state index in [2.05, 4.69) is 6.07 Å². The zero-order valence-corrected chi connectivity index (χ0v) is 22.3. The van der Waals surface area contributed by atoms with Crippen LogP contribution in [0.15, 0.2) is 99.9 Å². The third-order valence-electron chi connectivity index (χ3n) is 6.45. The normalized spacial score (nSPS) is 14.8. The number of rotatable bonds is 7. The molecule has 0 aliphatic carbocycles. The molecule has 194 valence electrons. The van der Waals surface area contributed by atoms with Crippen LogP contribution < -0.4 is 19.6 Å². The first-order valence-corrected chi connectivity index (χ1v) is 13.2. The lowest BCUT2D eigenvalue weighted by Gasteiger charge is -2.25. The van der Waals surface area contributed by atoms with Gasteiger partial charge in [0.05, 0.1) is 40.6 Å². The first kappa shape index (κ1) is 25.9. The van der Waals surface area contributed by atoms with Crippen molar-refractivity contribution in [1.29, 1.82) is 5.26 Å². The molecule has 1 atom stereocenters. The van der Waals surface area contributed by atoms with Gasteiger partial charge in [0.25, 0.3) is 5.56 Å². The molecule has 39 heavy (non-hydrogen) atoms. The van der Waals surface area contributed by atoms with Crippen LogP contribution in [0.5, 0.6) is 5.75 Å². The van der Waals surface area contributed by atoms with Gasteiger partial charge in [0.2, 0.25) is 0 Å². The number of benzene rings is 3. The van der Waals surface area contributed by atoms with Crippen LogP contribution in [0.1, 0.15) is 41.6 Å². The molecule has 3 aromatic carbocycles. The fourth-order valence-electron chi connectivity index (χ4n) is 4.58. The zero-order valence-electron chi connectivity index (χ0n) is 21.5. The minimum Gasteiger partial charge on any atom is -0.489 e. The maximum Gasteiger partial charge on any atom is 0.338 e. The molecule has 2 heterocycles. The van der Waals surface area contributed by atoms with Crippen LogP contribution >= 0.6 is 11.3 Å². The molecule has 1 aromatic heterocycles. The van der Waals surface area contributed by atoms with Crippen LogP contribution in [0.4, 0.5) is 0 Å². The van der Waals surface area contributed by atoms with Crippen molar-refractivity contribution < 1.29 is 14.3 Å². The molecule has 4 aromatic rings. The lowest BCUT2D eigenvalue weighted by Crippen LogP contribution is -2.40. The van der Waals surface area contributed by atoms with Crippen molar-refractivity contribution in [3.05, 3.63) is 132 Å². The highest BCUT2D eigenvalue weighted by Gasteiger charge is 2.33. The summed E-state index contributed by atoms with van der Waals surface area (Å²) in [5.74, 6) is 0.120. The molecule has 0 saturated heterocycles. The van der Waals surface area contributed by atoms with Gasteiger partial charge in [0, 0.05) is 5.56 Å². The monoisotopic (exact) mass is 535 g/mol. The number of carbonyl (C=O) groups is 1. The average molecular weight is 536 g/mol. The second-order valence-electron chi connectivity index (χ2n) is 8.83. The number of hydrogen-bond acceptors (Lipinski definition) is 7. The molecule has 7 nitrogen and oxygen atoms in total. The van der Waals surface area contributed by atoms with Crippen molar-refractivity contribution in [1.82, 2.24) is 4.57 Å². The van der Waals surface area contributed by atoms with E-state index in [1.54, 1.807) is 16.7 Å². The molecule has 1 aliphatic rings. The number of nitrogens with zero attached hydrogens (tertiary/aromatic N) is 3. The fraction of sp³-hybridized carbons (Fsp3) is 0.161. The molecule has 0 amide bonds. The van der Waals surface area contributed by atoms with Crippen molar-refractivity contribution in [2.75, 3.05) is 7.11 Å². The van der Waals surface area contributed by atoms with E-state index in [9.17, 15) is 14.9 Å². The van der Waals surface area contributed by atoms with Crippen LogP contribution in [0, 0.1) is 11.3 Å². The summed E-state index contributed by atoms with van der Waals surface area (Å²) in [6.45, 7) is 2.18. The van der Waals surface area contributed by atoms with Gasteiger partial charge in [-0.05, 0) is 41.8 Å². The third kappa shape index (κ3) is 5.17. The topological polar surface area (TPSA) is 93.7 Å². The molecular weight excluding hydrogens is 510 g/mol. The Morgan fingerprint density at radius 3 is 2.62 bits per heavy atom. The van der Waals surface area contributed by atoms with Gasteiger partial charge < -0.3 is 9.47 Å². The van der Waals surface area contributed by atoms with Crippen molar-refractivity contribution >= 4 is 23.4 Å². The highest BCUT2D eigenvalue weighted by atomic mass is 32.1. The lowest BCUT2D eigenvalue weighted by atomic mass is 9.95. The van der Waals surface area contributed by atoms with Gasteiger partial charge in [-0.2, -0.15) is 5.26 Å². The number of fused-ring (bicyclic) bond motifs is 1. The largest absolute Gasteiger partial charge is 0.489 e. The van der Waals surface area contributed by atoms with Gasteiger partial charge in [-0.25, -0.2) is 9.79 Å². The summed E-state index contributed by atoms with van der Waals surface area (Å²) < 4.78 is 13.1. The Morgan fingerprint density at radius 1 is 1.10 bits per heavy atom. The van der Waals surface area contributed by atoms with Crippen molar-refractivity contribution in [2.45, 2.75) is 26.0 Å². The Kier molecular flexibility index (Phi) is 7.53. The summed E-state index contributed by atoms with van der Waals surface area (Å²) in [6, 6.07) is 25.7. The Balaban J connectivity index is 1.55. The second-order valence-corrected chi connectivity index (χ2v) is 9.84. The summed E-state index contributed by atoms with van der Waals surface area (Å²) in [5, 5.41) is 9.33. The summed E-state index contributed by atoms with van der Waals surface area (Å²) in [6.07, 6.45) is 2.32. The molecular formula is C31H25N3O4S. The predicted molar refractivity (Wildman–Crippen MR) is 149 cm³/mol. The van der Waals surface area contributed by atoms with Crippen molar-refractivity contribution in [3.8, 4) is 11.8 Å². The molecule has 0 fully saturated rings. The first-order valence-electron chi connectivity index (χ1n) is 12.4. The minimum atomic E-state index is -0.637. The number of carbonyl (C=O) groups excluding carboxylic acids is 1. The predicted octanol–water partition coefficient (Wildman–Crippen LogP) is 4.25. The molecule has 0 saturated carbocycles. The Hall–Kier alpha value is -4.74. The van der Waals surface area contributed by atoms with E-state index >= 15 is 0 Å². The molecule has 0 N–H and O–H groups in total. The number of thiazole rings is 1. The van der Waals surface area contributed by atoms with Crippen LogP contribution in [0.2, 0.25) is 0 Å². The number of nitriles is 1. The maximum atomic E-state index is 13.8. The standard InChI is InChI=1S/C31H25N3O4S/c1-3-25-27(30(36)37-2)28(21-11-5-4-6-12-21)34-29(35)26(39-31(34)33-25)17-20-10-9-15-24(16-20)38-19-23-14-8-7-13-22(23)18-32/h4-17,28H,3,19H2,1-2H3/b26-17+/t28-/m0/s1. The van der Waals surface area contributed by atoms with Crippen LogP contribution in [0.25, 0.3) is 6.08 Å². The van der Waals surface area contributed by atoms with Crippen molar-refractivity contribution in [3.63, 3.8) is 0 Å². The average Bonchev–Trinajstić information content (AvgIpc) is 3.29. The molecule has 1 aliphatic heterocycles. The van der Waals surface area contributed by atoms with Gasteiger partial charge in [-0.3, -0.25) is 9.36 Å². The highest BCUT2D eigenvalue weighted by molar-refractivity contribution is 7.07. The van der Waals surface area contributed by atoms with Crippen molar-refractivity contribution in [2.24, 2.45) is 4.99 Å². The molecule has 0 unspecified atom stereocenters. The van der Waals surface area contributed by atoms with Crippen LogP contribution in [0.3, 0.4) is 0 Å². The molecule has 5 rings (SSSR count). The fourth-order valence-corrected chi connectivity index (χ4v) is 5.60. The number of allylic oxidation sites excluding steroid dienone is 1. The molecule has 0 bridgehead atoms. The third-order valence-corrected chi connectivity index (χ3v) is 7.44. The summed E-state index contributed by atoms with van der Waals surface area (Å²) in [4.78, 5) is 31.9. The Labute approximate surface area is 229 Å². The first-order chi connectivity index (χ1) is 19.0. The zero-order chi connectivity index (χ0) is 27.4. The highest BCUT2D eigenvalue weighted by Crippen LogP contribution is 2.31. The number of esters is 1. The number of hydrogen-bond donors (Lipinski definition) is 0. The molecule has 0 radical (unpaired) electrons. The number of ether oxygens (including phenoxy) is 2. The molecule has 8 heteroatoms. The van der Waals surface area contributed by atoms with Crippen LogP contribution in [-0.4, -0.2) is 17.6 Å². The van der Waals surface area contributed by atoms with Gasteiger partial charge in [0.15, 0.2) is 4.80 Å². The smallest absolute Gasteiger partial charge is 0.338 e. The van der Waals surface area contributed by atoms with Crippen LogP contribution in [-0.2, 0) is 16.1 Å². The molecule has 0 spiro atoms. The minimum absolute atomic E-state index is 0.238. The van der Waals surface area contributed by atoms with E-state index in [-0.39, 0.29) is 12.2 Å². The quantitative estimate of drug-likeness (QED) is 0.330. The van der Waals surface area contributed by atoms with E-state index < -0.39 is 12.0 Å². The van der Waals surface area contributed by atoms with Gasteiger partial charge in [0.1, 0.15) is 12.4 Å². The SMILES string of the molecule is CCC1=C(C(=O)OC)[C@H](c2ccccc2)n2c(s/c(=C/c3cccc(OCc4ccccc4C#N)c3)c2=O)=N1. The van der Waals surface area contributed by atoms with Gasteiger partial charge >= 0.3 is 5.97 Å². The van der Waals surface area contributed by atoms with E-state index in [0.29, 0.717) is 38.3 Å². The van der Waals surface area contributed by atoms with Gasteiger partial charge in [-0.15, -0.1) is 0 Å². The Morgan fingerprint density at radius 2 is 1.87 bits per heavy atom. The van der Waals surface area contributed by atoms with E-state index in [1.165, 1.54) is 18.4 Å². The van der Waals surface area contributed by atoms with E-state index in [4.69, 9.17) is 14.5 Å². The maximum absolute atomic E-state index is 13.8. The summed E-state index contributed by atoms with van der Waals surface area (Å²) in [7, 11) is 1.34. The second kappa shape index (κ2) is 11.3. The van der Waals surface area contributed by atoms with Gasteiger partial charge in [-0.1, -0.05) is 78.9 Å². The summed E-state index contributed by atoms with van der Waals surface area (Å²) in [5.41, 5.74) is 3.70.